The number of halogens is 1. The number of nitrogens with zero attached hydrogens (tertiary/aromatic N) is 2. The molecule has 2 fully saturated rings. The van der Waals surface area contributed by atoms with Gasteiger partial charge in [0.15, 0.2) is 0 Å². The fraction of sp³-hybridized carbons (Fsp3) is 0.500. The van der Waals surface area contributed by atoms with Crippen molar-refractivity contribution in [2.75, 3.05) is 25.5 Å². The van der Waals surface area contributed by atoms with E-state index < -0.39 is 23.4 Å². The molecule has 5 amide bonds. The molecule has 0 atom stereocenters. The third-order valence-corrected chi connectivity index (χ3v) is 5.78. The second kappa shape index (κ2) is 8.82. The van der Waals surface area contributed by atoms with Crippen molar-refractivity contribution in [1.29, 1.82) is 0 Å². The van der Waals surface area contributed by atoms with Crippen molar-refractivity contribution in [3.05, 3.63) is 29.3 Å². The van der Waals surface area contributed by atoms with Gasteiger partial charge in [0.1, 0.15) is 12.1 Å². The van der Waals surface area contributed by atoms with E-state index in [1.165, 1.54) is 11.9 Å². The lowest BCUT2D eigenvalue weighted by Gasteiger charge is -2.25. The first-order chi connectivity index (χ1) is 13.8. The highest BCUT2D eigenvalue weighted by Gasteiger charge is 2.51. The van der Waals surface area contributed by atoms with Gasteiger partial charge in [0.2, 0.25) is 11.8 Å². The van der Waals surface area contributed by atoms with Gasteiger partial charge in [-0.2, -0.15) is 0 Å². The molecule has 0 radical (unpaired) electrons. The molecule has 1 saturated carbocycles. The van der Waals surface area contributed by atoms with Crippen LogP contribution in [0.15, 0.2) is 24.3 Å². The normalized spacial score (nSPS) is 18.3. The summed E-state index contributed by atoms with van der Waals surface area (Å²) in [6, 6.07) is 6.23. The highest BCUT2D eigenvalue weighted by atomic mass is 35.5. The number of hydrogen-bond donors (Lipinski definition) is 2. The van der Waals surface area contributed by atoms with Crippen LogP contribution in [0.4, 0.5) is 10.5 Å². The zero-order valence-corrected chi connectivity index (χ0v) is 17.1. The molecule has 1 aromatic carbocycles. The van der Waals surface area contributed by atoms with Crippen molar-refractivity contribution in [3.8, 4) is 0 Å². The van der Waals surface area contributed by atoms with E-state index in [0.717, 1.165) is 30.6 Å². The summed E-state index contributed by atoms with van der Waals surface area (Å²) in [5, 5.41) is 5.83. The van der Waals surface area contributed by atoms with Gasteiger partial charge in [-0.25, -0.2) is 4.79 Å². The maximum atomic E-state index is 12.9. The molecule has 2 aliphatic rings. The van der Waals surface area contributed by atoms with Crippen molar-refractivity contribution in [2.45, 2.75) is 44.1 Å². The SMILES string of the molecule is CN(CC(=O)Nc1ccccc1Cl)C(=O)CN1C(=O)NC2(CCCCCC2)C1=O. The lowest BCUT2D eigenvalue weighted by atomic mass is 9.90. The Morgan fingerprint density at radius 2 is 1.83 bits per heavy atom. The molecule has 156 valence electrons. The second-order valence-corrected chi connectivity index (χ2v) is 8.00. The van der Waals surface area contributed by atoms with Gasteiger partial charge >= 0.3 is 6.03 Å². The molecule has 1 aliphatic carbocycles. The molecular formula is C20H25ClN4O4. The van der Waals surface area contributed by atoms with Crippen molar-refractivity contribution in [1.82, 2.24) is 15.1 Å². The number of carbonyl (C=O) groups excluding carboxylic acids is 4. The minimum absolute atomic E-state index is 0.223. The molecule has 0 unspecified atom stereocenters. The van der Waals surface area contributed by atoms with Crippen molar-refractivity contribution < 1.29 is 19.2 Å². The molecular weight excluding hydrogens is 396 g/mol. The topological polar surface area (TPSA) is 98.8 Å². The third-order valence-electron chi connectivity index (χ3n) is 5.45. The lowest BCUT2D eigenvalue weighted by molar-refractivity contribution is -0.139. The van der Waals surface area contributed by atoms with Gasteiger partial charge in [0, 0.05) is 7.05 Å². The molecule has 8 nitrogen and oxygen atoms in total. The predicted octanol–water partition coefficient (Wildman–Crippen LogP) is 2.38. The average Bonchev–Trinajstić information content (AvgIpc) is 2.84. The number of nitrogens with one attached hydrogen (secondary N) is 2. The molecule has 9 heteroatoms. The van der Waals surface area contributed by atoms with Crippen LogP contribution in [0, 0.1) is 0 Å². The number of urea groups is 1. The van der Waals surface area contributed by atoms with Crippen molar-refractivity contribution in [3.63, 3.8) is 0 Å². The standard InChI is InChI=1S/C20H25ClN4O4/c1-24(12-16(26)22-15-9-5-4-8-14(15)21)17(27)13-25-18(28)20(23-19(25)29)10-6-2-3-7-11-20/h4-5,8-9H,2-3,6-7,10-13H2,1H3,(H,22,26)(H,23,29). The van der Waals surface area contributed by atoms with E-state index in [2.05, 4.69) is 10.6 Å². The number of likely N-dealkylation sites (N-methyl/N-ethyl adjacent to an activating group) is 1. The first-order valence-electron chi connectivity index (χ1n) is 9.75. The highest BCUT2D eigenvalue weighted by Crippen LogP contribution is 2.32. The molecule has 0 bridgehead atoms. The van der Waals surface area contributed by atoms with E-state index in [-0.39, 0.29) is 19.0 Å². The molecule has 1 heterocycles. The summed E-state index contributed by atoms with van der Waals surface area (Å²) in [7, 11) is 1.45. The molecule has 1 spiro atoms. The molecule has 29 heavy (non-hydrogen) atoms. The van der Waals surface area contributed by atoms with Gasteiger partial charge < -0.3 is 15.5 Å². The number of carbonyl (C=O) groups is 4. The van der Waals surface area contributed by atoms with Crippen LogP contribution in [-0.2, 0) is 14.4 Å². The third kappa shape index (κ3) is 4.70. The van der Waals surface area contributed by atoms with Crippen LogP contribution in [-0.4, -0.2) is 59.2 Å². The maximum Gasteiger partial charge on any atom is 0.325 e. The highest BCUT2D eigenvalue weighted by molar-refractivity contribution is 6.33. The van der Waals surface area contributed by atoms with E-state index in [1.54, 1.807) is 24.3 Å². The van der Waals surface area contributed by atoms with E-state index in [4.69, 9.17) is 11.6 Å². The number of anilines is 1. The van der Waals surface area contributed by atoms with E-state index in [9.17, 15) is 19.2 Å². The summed E-state index contributed by atoms with van der Waals surface area (Å²) in [4.78, 5) is 52.1. The van der Waals surface area contributed by atoms with Crippen molar-refractivity contribution >= 4 is 41.0 Å². The molecule has 2 N–H and O–H groups in total. The van der Waals surface area contributed by atoms with Crippen molar-refractivity contribution in [2.24, 2.45) is 0 Å². The second-order valence-electron chi connectivity index (χ2n) is 7.60. The molecule has 1 saturated heterocycles. The fourth-order valence-electron chi connectivity index (χ4n) is 3.80. The summed E-state index contributed by atoms with van der Waals surface area (Å²) in [5.41, 5.74) is -0.433. The quantitative estimate of drug-likeness (QED) is 0.714. The minimum atomic E-state index is -0.881. The van der Waals surface area contributed by atoms with Gasteiger partial charge in [0.25, 0.3) is 5.91 Å². The minimum Gasteiger partial charge on any atom is -0.335 e. The number of hydrogen-bond acceptors (Lipinski definition) is 4. The van der Waals surface area contributed by atoms with Gasteiger partial charge in [0.05, 0.1) is 17.3 Å². The summed E-state index contributed by atoms with van der Waals surface area (Å²) in [6.45, 7) is -0.610. The summed E-state index contributed by atoms with van der Waals surface area (Å²) in [5.74, 6) is -1.26. The largest absolute Gasteiger partial charge is 0.335 e. The van der Waals surface area contributed by atoms with Crippen LogP contribution in [0.2, 0.25) is 5.02 Å². The van der Waals surface area contributed by atoms with Crippen LogP contribution >= 0.6 is 11.6 Å². The summed E-state index contributed by atoms with van der Waals surface area (Å²) in [6.07, 6.45) is 5.00. The van der Waals surface area contributed by atoms with Gasteiger partial charge in [-0.15, -0.1) is 0 Å². The van der Waals surface area contributed by atoms with Crippen LogP contribution < -0.4 is 10.6 Å². The van der Waals surface area contributed by atoms with E-state index in [0.29, 0.717) is 23.6 Å². The molecule has 0 aromatic heterocycles. The monoisotopic (exact) mass is 420 g/mol. The Morgan fingerprint density at radius 1 is 1.17 bits per heavy atom. The Bertz CT molecular complexity index is 820. The molecule has 1 aromatic rings. The zero-order valence-electron chi connectivity index (χ0n) is 16.4. The predicted molar refractivity (Wildman–Crippen MR) is 108 cm³/mol. The van der Waals surface area contributed by atoms with Gasteiger partial charge in [-0.3, -0.25) is 19.3 Å². The first kappa shape index (κ1) is 21.1. The number of benzene rings is 1. The first-order valence-corrected chi connectivity index (χ1v) is 10.1. The Hall–Kier alpha value is -2.61. The Morgan fingerprint density at radius 3 is 2.48 bits per heavy atom. The average molecular weight is 421 g/mol. The number of para-hydroxylation sites is 1. The Labute approximate surface area is 174 Å². The number of amides is 5. The zero-order chi connectivity index (χ0) is 21.0. The Balaban J connectivity index is 1.57. The summed E-state index contributed by atoms with van der Waals surface area (Å²) < 4.78 is 0. The van der Waals surface area contributed by atoms with E-state index in [1.807, 2.05) is 0 Å². The van der Waals surface area contributed by atoms with Crippen LogP contribution in [0.1, 0.15) is 38.5 Å². The van der Waals surface area contributed by atoms with Crippen LogP contribution in [0.3, 0.4) is 0 Å². The van der Waals surface area contributed by atoms with Gasteiger partial charge in [-0.05, 0) is 25.0 Å². The smallest absolute Gasteiger partial charge is 0.325 e. The fourth-order valence-corrected chi connectivity index (χ4v) is 3.99. The van der Waals surface area contributed by atoms with Crippen LogP contribution in [0.25, 0.3) is 0 Å². The molecule has 3 rings (SSSR count). The maximum absolute atomic E-state index is 12.9. The number of rotatable bonds is 5. The lowest BCUT2D eigenvalue weighted by Crippen LogP contribution is -2.47. The van der Waals surface area contributed by atoms with E-state index >= 15 is 0 Å². The van der Waals surface area contributed by atoms with Crippen LogP contribution in [0.5, 0.6) is 0 Å². The summed E-state index contributed by atoms with van der Waals surface area (Å²) >= 11 is 6.01. The van der Waals surface area contributed by atoms with Gasteiger partial charge in [-0.1, -0.05) is 49.4 Å². The Kier molecular flexibility index (Phi) is 6.42. The number of imide groups is 1. The molecule has 1 aliphatic heterocycles.